The van der Waals surface area contributed by atoms with Gasteiger partial charge in [0, 0.05) is 11.7 Å². The van der Waals surface area contributed by atoms with Crippen molar-refractivity contribution in [3.63, 3.8) is 0 Å². The van der Waals surface area contributed by atoms with Crippen LogP contribution in [0.1, 0.15) is 60.3 Å². The molecular formula is C20H30BNO5. The van der Waals surface area contributed by atoms with Gasteiger partial charge >= 0.3 is 13.1 Å². The quantitative estimate of drug-likeness (QED) is 0.583. The van der Waals surface area contributed by atoms with Gasteiger partial charge in [-0.05, 0) is 66.4 Å². The summed E-state index contributed by atoms with van der Waals surface area (Å²) in [4.78, 5) is 16.2. The number of hydrogen-bond acceptors (Lipinski definition) is 6. The third kappa shape index (κ3) is 4.46. The van der Waals surface area contributed by atoms with Crippen molar-refractivity contribution in [3.8, 4) is 5.88 Å². The Morgan fingerprint density at radius 1 is 1.15 bits per heavy atom. The fraction of sp³-hybridized carbons (Fsp3) is 0.700. The maximum atomic E-state index is 11.8. The fourth-order valence-corrected chi connectivity index (χ4v) is 3.43. The van der Waals surface area contributed by atoms with Gasteiger partial charge in [0.05, 0.1) is 23.7 Å². The first kappa shape index (κ1) is 20.1. The molecule has 0 radical (unpaired) electrons. The molecule has 0 spiro atoms. The standard InChI is InChI=1S/C20H30BNO5/c1-6-24-18(23)14-7-10-16(11-8-14)25-17-12-9-15(13-22-17)21-26-19(2,3)20(4,5)27-21/h9,12-14,16H,6-8,10-11H2,1-5H3/t14-,16-. The Balaban J connectivity index is 1.53. The highest BCUT2D eigenvalue weighted by Crippen LogP contribution is 2.36. The van der Waals surface area contributed by atoms with E-state index in [-0.39, 0.29) is 29.2 Å². The van der Waals surface area contributed by atoms with Gasteiger partial charge in [-0.2, -0.15) is 0 Å². The molecule has 1 saturated heterocycles. The van der Waals surface area contributed by atoms with Gasteiger partial charge in [0.25, 0.3) is 0 Å². The van der Waals surface area contributed by atoms with Crippen molar-refractivity contribution in [2.75, 3.05) is 6.61 Å². The van der Waals surface area contributed by atoms with E-state index in [9.17, 15) is 4.79 Å². The first-order valence-corrected chi connectivity index (χ1v) is 9.87. The molecule has 1 aromatic heterocycles. The molecule has 0 aromatic carbocycles. The smallest absolute Gasteiger partial charge is 0.474 e. The summed E-state index contributed by atoms with van der Waals surface area (Å²) in [5.41, 5.74) is 0.140. The predicted molar refractivity (Wildman–Crippen MR) is 103 cm³/mol. The van der Waals surface area contributed by atoms with E-state index in [2.05, 4.69) is 4.98 Å². The summed E-state index contributed by atoms with van der Waals surface area (Å²) < 4.78 is 23.2. The lowest BCUT2D eigenvalue weighted by atomic mass is 9.80. The lowest BCUT2D eigenvalue weighted by Gasteiger charge is -2.32. The number of nitrogens with zero attached hydrogens (tertiary/aromatic N) is 1. The zero-order valence-electron chi connectivity index (χ0n) is 17.0. The van der Waals surface area contributed by atoms with E-state index in [0.717, 1.165) is 31.1 Å². The normalized spacial score (nSPS) is 26.6. The number of esters is 1. The second kappa shape index (κ2) is 7.80. The van der Waals surface area contributed by atoms with E-state index in [1.165, 1.54) is 0 Å². The van der Waals surface area contributed by atoms with Gasteiger partial charge in [-0.25, -0.2) is 4.98 Å². The number of carbonyl (C=O) groups is 1. The summed E-state index contributed by atoms with van der Waals surface area (Å²) >= 11 is 0. The molecule has 2 aliphatic rings. The maximum absolute atomic E-state index is 11.8. The van der Waals surface area contributed by atoms with E-state index in [1.807, 2.05) is 46.8 Å². The van der Waals surface area contributed by atoms with Crippen molar-refractivity contribution < 1.29 is 23.6 Å². The van der Waals surface area contributed by atoms with Gasteiger partial charge in [0.15, 0.2) is 0 Å². The van der Waals surface area contributed by atoms with Gasteiger partial charge < -0.3 is 18.8 Å². The van der Waals surface area contributed by atoms with Crippen LogP contribution < -0.4 is 10.2 Å². The van der Waals surface area contributed by atoms with Crippen molar-refractivity contribution in [2.45, 2.75) is 77.6 Å². The molecule has 0 N–H and O–H groups in total. The monoisotopic (exact) mass is 375 g/mol. The summed E-state index contributed by atoms with van der Waals surface area (Å²) in [6.45, 7) is 10.4. The van der Waals surface area contributed by atoms with Gasteiger partial charge in [-0.15, -0.1) is 0 Å². The second-order valence-corrected chi connectivity index (χ2v) is 8.36. The largest absolute Gasteiger partial charge is 0.496 e. The average Bonchev–Trinajstić information content (AvgIpc) is 2.84. The average molecular weight is 375 g/mol. The van der Waals surface area contributed by atoms with Gasteiger partial charge in [-0.3, -0.25) is 4.79 Å². The Hall–Kier alpha value is -1.60. The first-order valence-electron chi connectivity index (χ1n) is 9.87. The van der Waals surface area contributed by atoms with E-state index in [0.29, 0.717) is 12.5 Å². The molecule has 148 valence electrons. The fourth-order valence-electron chi connectivity index (χ4n) is 3.43. The molecule has 1 aliphatic carbocycles. The Morgan fingerprint density at radius 3 is 2.30 bits per heavy atom. The number of aromatic nitrogens is 1. The Bertz CT molecular complexity index is 637. The molecule has 3 rings (SSSR count). The number of ether oxygens (including phenoxy) is 2. The van der Waals surface area contributed by atoms with Gasteiger partial charge in [-0.1, -0.05) is 6.07 Å². The summed E-state index contributed by atoms with van der Waals surface area (Å²) in [6, 6.07) is 3.80. The molecule has 1 saturated carbocycles. The highest BCUT2D eigenvalue weighted by molar-refractivity contribution is 6.62. The van der Waals surface area contributed by atoms with Crippen LogP contribution in [0.15, 0.2) is 18.3 Å². The third-order valence-electron chi connectivity index (χ3n) is 5.87. The molecule has 0 atom stereocenters. The van der Waals surface area contributed by atoms with Crippen LogP contribution in [-0.4, -0.2) is 42.0 Å². The van der Waals surface area contributed by atoms with Crippen LogP contribution in [0.25, 0.3) is 0 Å². The molecular weight excluding hydrogens is 345 g/mol. The number of carbonyl (C=O) groups excluding carboxylic acids is 1. The number of rotatable bonds is 5. The number of hydrogen-bond donors (Lipinski definition) is 0. The summed E-state index contributed by atoms with van der Waals surface area (Å²) in [5.74, 6) is 0.513. The Kier molecular flexibility index (Phi) is 5.82. The zero-order valence-corrected chi connectivity index (χ0v) is 17.0. The SMILES string of the molecule is CCOC(=O)[C@H]1CC[C@H](Oc2ccc(B3OC(C)(C)C(C)(C)O3)cn2)CC1. The van der Waals surface area contributed by atoms with Crippen molar-refractivity contribution in [1.82, 2.24) is 4.98 Å². The van der Waals surface area contributed by atoms with Crippen LogP contribution in [0.4, 0.5) is 0 Å². The van der Waals surface area contributed by atoms with E-state index >= 15 is 0 Å². The minimum atomic E-state index is -0.420. The molecule has 0 bridgehead atoms. The minimum absolute atomic E-state index is 0.00325. The molecule has 27 heavy (non-hydrogen) atoms. The van der Waals surface area contributed by atoms with Crippen LogP contribution in [-0.2, 0) is 18.8 Å². The lowest BCUT2D eigenvalue weighted by molar-refractivity contribution is -0.149. The van der Waals surface area contributed by atoms with Crippen molar-refractivity contribution >= 4 is 18.6 Å². The molecule has 2 fully saturated rings. The molecule has 0 unspecified atom stereocenters. The Labute approximate surface area is 162 Å². The highest BCUT2D eigenvalue weighted by atomic mass is 16.7. The summed E-state index contributed by atoms with van der Waals surface area (Å²) in [7, 11) is -0.420. The summed E-state index contributed by atoms with van der Waals surface area (Å²) in [6.07, 6.45) is 5.12. The van der Waals surface area contributed by atoms with E-state index < -0.39 is 7.12 Å². The molecule has 6 nitrogen and oxygen atoms in total. The maximum Gasteiger partial charge on any atom is 0.496 e. The number of pyridine rings is 1. The van der Waals surface area contributed by atoms with Crippen molar-refractivity contribution in [2.24, 2.45) is 5.92 Å². The second-order valence-electron chi connectivity index (χ2n) is 8.36. The zero-order chi connectivity index (χ0) is 19.7. The first-order chi connectivity index (χ1) is 12.7. The van der Waals surface area contributed by atoms with E-state index in [4.69, 9.17) is 18.8 Å². The Morgan fingerprint density at radius 2 is 1.78 bits per heavy atom. The van der Waals surface area contributed by atoms with Crippen LogP contribution in [0.2, 0.25) is 0 Å². The van der Waals surface area contributed by atoms with E-state index in [1.54, 1.807) is 6.20 Å². The molecule has 2 heterocycles. The molecule has 1 aromatic rings. The minimum Gasteiger partial charge on any atom is -0.474 e. The van der Waals surface area contributed by atoms with Gasteiger partial charge in [0.1, 0.15) is 6.10 Å². The van der Waals surface area contributed by atoms with Crippen LogP contribution >= 0.6 is 0 Å². The molecule has 7 heteroatoms. The van der Waals surface area contributed by atoms with Crippen LogP contribution in [0.3, 0.4) is 0 Å². The topological polar surface area (TPSA) is 66.9 Å². The van der Waals surface area contributed by atoms with Crippen LogP contribution in [0, 0.1) is 5.92 Å². The summed E-state index contributed by atoms with van der Waals surface area (Å²) in [5, 5.41) is 0. The lowest BCUT2D eigenvalue weighted by Crippen LogP contribution is -2.41. The predicted octanol–water partition coefficient (Wildman–Crippen LogP) is 2.88. The molecule has 0 amide bonds. The van der Waals surface area contributed by atoms with Crippen LogP contribution in [0.5, 0.6) is 5.88 Å². The van der Waals surface area contributed by atoms with Crippen molar-refractivity contribution in [1.29, 1.82) is 0 Å². The van der Waals surface area contributed by atoms with Crippen molar-refractivity contribution in [3.05, 3.63) is 18.3 Å². The third-order valence-corrected chi connectivity index (χ3v) is 5.87. The van der Waals surface area contributed by atoms with Gasteiger partial charge in [0.2, 0.25) is 5.88 Å². The highest BCUT2D eigenvalue weighted by Gasteiger charge is 2.51. The molecule has 1 aliphatic heterocycles.